The number of esters is 1. The van der Waals surface area contributed by atoms with Crippen LogP contribution >= 0.6 is 0 Å². The average molecular weight is 476 g/mol. The van der Waals surface area contributed by atoms with Crippen LogP contribution in [-0.4, -0.2) is 19.7 Å². The molecule has 1 unspecified atom stereocenters. The van der Waals surface area contributed by atoms with E-state index in [0.717, 1.165) is 0 Å². The Balaban J connectivity index is 1.32. The number of halogens is 3. The molecule has 1 aliphatic rings. The van der Waals surface area contributed by atoms with Crippen LogP contribution in [0.2, 0.25) is 0 Å². The standard InChI is InChI=1S/C28H19F3O4/c1-33-20-9-6-17(7-10-20)21-12-13-24(27(31)26(21)30)35-28(32)18-4-2-16(3-5-18)19-8-11-22(23(29)14-19)25-15-34-25/h2-14,25H,15H2,1H3. The Morgan fingerprint density at radius 1 is 0.829 bits per heavy atom. The normalized spacial score (nSPS) is 14.5. The largest absolute Gasteiger partial charge is 0.497 e. The van der Waals surface area contributed by atoms with E-state index in [9.17, 15) is 18.0 Å². The van der Waals surface area contributed by atoms with Crippen molar-refractivity contribution in [1.82, 2.24) is 0 Å². The molecule has 4 aromatic rings. The molecule has 5 rings (SSSR count). The quantitative estimate of drug-likeness (QED) is 0.176. The number of carbonyl (C=O) groups excluding carboxylic acids is 1. The van der Waals surface area contributed by atoms with Crippen molar-refractivity contribution in [2.75, 3.05) is 13.7 Å². The van der Waals surface area contributed by atoms with E-state index in [1.165, 1.54) is 37.4 Å². The lowest BCUT2D eigenvalue weighted by molar-refractivity contribution is 0.0727. The second kappa shape index (κ2) is 9.27. The molecule has 1 fully saturated rings. The Bertz CT molecular complexity index is 1400. The highest BCUT2D eigenvalue weighted by Gasteiger charge is 2.27. The van der Waals surface area contributed by atoms with Gasteiger partial charge in [0, 0.05) is 11.1 Å². The fourth-order valence-corrected chi connectivity index (χ4v) is 3.76. The van der Waals surface area contributed by atoms with E-state index in [1.54, 1.807) is 48.5 Å². The Morgan fingerprint density at radius 3 is 2.11 bits per heavy atom. The summed E-state index contributed by atoms with van der Waals surface area (Å²) in [5.41, 5.74) is 2.45. The molecule has 1 saturated heterocycles. The van der Waals surface area contributed by atoms with E-state index in [2.05, 4.69) is 0 Å². The van der Waals surface area contributed by atoms with Gasteiger partial charge in [-0.25, -0.2) is 13.6 Å². The molecule has 7 heteroatoms. The van der Waals surface area contributed by atoms with E-state index in [0.29, 0.717) is 34.6 Å². The SMILES string of the molecule is COc1ccc(-c2ccc(OC(=O)c3ccc(-c4ccc(C5CO5)c(F)c4)cc3)c(F)c2F)cc1. The first-order chi connectivity index (χ1) is 16.9. The van der Waals surface area contributed by atoms with Gasteiger partial charge in [-0.1, -0.05) is 36.4 Å². The van der Waals surface area contributed by atoms with Crippen LogP contribution in [0.15, 0.2) is 78.9 Å². The lowest BCUT2D eigenvalue weighted by atomic mass is 10.0. The Hall–Kier alpha value is -4.10. The molecule has 0 saturated carbocycles. The van der Waals surface area contributed by atoms with Gasteiger partial charge in [0.1, 0.15) is 17.7 Å². The van der Waals surface area contributed by atoms with Gasteiger partial charge in [-0.2, -0.15) is 4.39 Å². The van der Waals surface area contributed by atoms with Crippen molar-refractivity contribution in [3.8, 4) is 33.8 Å². The van der Waals surface area contributed by atoms with Crippen LogP contribution in [0.25, 0.3) is 22.3 Å². The van der Waals surface area contributed by atoms with Crippen LogP contribution in [0, 0.1) is 17.5 Å². The monoisotopic (exact) mass is 476 g/mol. The van der Waals surface area contributed by atoms with E-state index < -0.39 is 23.4 Å². The number of rotatable bonds is 6. The smallest absolute Gasteiger partial charge is 0.343 e. The number of hydrogen-bond donors (Lipinski definition) is 0. The van der Waals surface area contributed by atoms with Gasteiger partial charge in [-0.15, -0.1) is 0 Å². The summed E-state index contributed by atoms with van der Waals surface area (Å²) in [6, 6.07) is 20.1. The summed E-state index contributed by atoms with van der Waals surface area (Å²) in [5.74, 6) is -3.53. The zero-order valence-electron chi connectivity index (χ0n) is 18.6. The molecule has 4 nitrogen and oxygen atoms in total. The molecular formula is C28H19F3O4. The highest BCUT2D eigenvalue weighted by Crippen LogP contribution is 2.34. The highest BCUT2D eigenvalue weighted by atomic mass is 19.2. The van der Waals surface area contributed by atoms with Crippen LogP contribution in [0.4, 0.5) is 13.2 Å². The molecule has 0 radical (unpaired) electrons. The van der Waals surface area contributed by atoms with Gasteiger partial charge >= 0.3 is 5.97 Å². The van der Waals surface area contributed by atoms with Crippen molar-refractivity contribution in [3.63, 3.8) is 0 Å². The Labute approximate surface area is 199 Å². The van der Waals surface area contributed by atoms with E-state index in [4.69, 9.17) is 14.2 Å². The lowest BCUT2D eigenvalue weighted by Crippen LogP contribution is -2.10. The van der Waals surface area contributed by atoms with Crippen molar-refractivity contribution in [2.24, 2.45) is 0 Å². The molecule has 4 aromatic carbocycles. The van der Waals surface area contributed by atoms with Crippen molar-refractivity contribution in [1.29, 1.82) is 0 Å². The van der Waals surface area contributed by atoms with Gasteiger partial charge in [0.05, 0.1) is 19.3 Å². The second-order valence-corrected chi connectivity index (χ2v) is 7.99. The zero-order valence-corrected chi connectivity index (χ0v) is 18.6. The maximum absolute atomic E-state index is 14.7. The topological polar surface area (TPSA) is 48.1 Å². The van der Waals surface area contributed by atoms with Gasteiger partial charge in [0.15, 0.2) is 11.6 Å². The maximum atomic E-state index is 14.7. The average Bonchev–Trinajstić information content (AvgIpc) is 3.72. The molecule has 0 spiro atoms. The number of carbonyl (C=O) groups is 1. The van der Waals surface area contributed by atoms with E-state index >= 15 is 0 Å². The summed E-state index contributed by atoms with van der Waals surface area (Å²) in [7, 11) is 1.51. The van der Waals surface area contributed by atoms with Crippen LogP contribution in [0.5, 0.6) is 11.5 Å². The summed E-state index contributed by atoms with van der Waals surface area (Å²) in [6.07, 6.45) is -0.184. The maximum Gasteiger partial charge on any atom is 0.343 e. The number of hydrogen-bond acceptors (Lipinski definition) is 4. The van der Waals surface area contributed by atoms with Crippen molar-refractivity contribution < 1.29 is 32.2 Å². The first-order valence-corrected chi connectivity index (χ1v) is 10.8. The van der Waals surface area contributed by atoms with E-state index in [1.807, 2.05) is 0 Å². The highest BCUT2D eigenvalue weighted by molar-refractivity contribution is 5.91. The molecule has 0 aliphatic carbocycles. The fraction of sp³-hybridized carbons (Fsp3) is 0.107. The second-order valence-electron chi connectivity index (χ2n) is 7.99. The third-order valence-electron chi connectivity index (χ3n) is 5.79. The van der Waals surface area contributed by atoms with Gasteiger partial charge in [0.2, 0.25) is 5.82 Å². The first-order valence-electron chi connectivity index (χ1n) is 10.8. The minimum atomic E-state index is -1.27. The van der Waals surface area contributed by atoms with Crippen LogP contribution in [0.1, 0.15) is 22.0 Å². The summed E-state index contributed by atoms with van der Waals surface area (Å²) in [6.45, 7) is 0.516. The third-order valence-corrected chi connectivity index (χ3v) is 5.79. The Kier molecular flexibility index (Phi) is 6.01. The number of benzene rings is 4. The molecule has 0 N–H and O–H groups in total. The van der Waals surface area contributed by atoms with Gasteiger partial charge < -0.3 is 14.2 Å². The summed E-state index contributed by atoms with van der Waals surface area (Å²) < 4.78 is 59.0. The first kappa shape index (κ1) is 22.7. The number of epoxide rings is 1. The number of ether oxygens (including phenoxy) is 3. The van der Waals surface area contributed by atoms with Crippen molar-refractivity contribution in [2.45, 2.75) is 6.10 Å². The number of methoxy groups -OCH3 is 1. The summed E-state index contributed by atoms with van der Waals surface area (Å²) >= 11 is 0. The summed E-state index contributed by atoms with van der Waals surface area (Å²) in [4.78, 5) is 12.5. The molecule has 1 atom stereocenters. The predicted octanol–water partition coefficient (Wildman–Crippen LogP) is 6.74. The van der Waals surface area contributed by atoms with Crippen LogP contribution in [0.3, 0.4) is 0 Å². The molecule has 1 heterocycles. The van der Waals surface area contributed by atoms with Gasteiger partial charge in [0.25, 0.3) is 0 Å². The zero-order chi connectivity index (χ0) is 24.5. The Morgan fingerprint density at radius 2 is 1.49 bits per heavy atom. The molecule has 1 aliphatic heterocycles. The lowest BCUT2D eigenvalue weighted by Gasteiger charge is -2.10. The van der Waals surface area contributed by atoms with Crippen LogP contribution in [-0.2, 0) is 4.74 Å². The molecule has 176 valence electrons. The van der Waals surface area contributed by atoms with Gasteiger partial charge in [-0.3, -0.25) is 0 Å². The van der Waals surface area contributed by atoms with Crippen molar-refractivity contribution in [3.05, 3.63) is 107 Å². The van der Waals surface area contributed by atoms with Crippen LogP contribution < -0.4 is 9.47 Å². The fourth-order valence-electron chi connectivity index (χ4n) is 3.76. The van der Waals surface area contributed by atoms with E-state index in [-0.39, 0.29) is 23.0 Å². The summed E-state index contributed by atoms with van der Waals surface area (Å²) in [5, 5.41) is 0. The minimum absolute atomic E-state index is 0.0285. The third kappa shape index (κ3) is 4.63. The van der Waals surface area contributed by atoms with Crippen molar-refractivity contribution >= 4 is 5.97 Å². The predicted molar refractivity (Wildman–Crippen MR) is 124 cm³/mol. The molecule has 0 aromatic heterocycles. The minimum Gasteiger partial charge on any atom is -0.497 e. The molecular weight excluding hydrogens is 457 g/mol. The molecule has 0 bridgehead atoms. The molecule has 0 amide bonds. The molecule has 35 heavy (non-hydrogen) atoms. The van der Waals surface area contributed by atoms with Gasteiger partial charge in [-0.05, 0) is 59.2 Å².